The summed E-state index contributed by atoms with van der Waals surface area (Å²) >= 11 is 0. The Kier molecular flexibility index (Phi) is 10.3. The first-order valence-electron chi connectivity index (χ1n) is 17.9. The predicted octanol–water partition coefficient (Wildman–Crippen LogP) is 4.39. The molecule has 16 nitrogen and oxygen atoms in total. The molecule has 2 aromatic rings. The second-order valence-corrected chi connectivity index (χ2v) is 13.6. The Balaban J connectivity index is 1.58. The summed E-state index contributed by atoms with van der Waals surface area (Å²) in [5.41, 5.74) is -5.78. The largest absolute Gasteiger partial charge is 0.506 e. The summed E-state index contributed by atoms with van der Waals surface area (Å²) < 4.78 is 45.2. The number of aryl methyl sites for hydroxylation is 2. The fourth-order valence-electron chi connectivity index (χ4n) is 8.14. The standard InChI is InChI=1S/C40H42O16/c1-9-25(41)53-23-13-11-19(49-5)31-35(45)29-21(55-39(23,31)37(47)51-7)15-17(3)27(33(29)43)28-18(4)16-22-30(34(28)44)36(46)32-20(50-6)12-14-24(54-26(42)10-2)40(32,56-22)38(48)52-8/h15-16,23-24,43-44H,9-14H2,1-8H3/t23-,24-,39+,40+/m1/s1. The van der Waals surface area contributed by atoms with Crippen molar-refractivity contribution in [2.75, 3.05) is 28.4 Å². The lowest BCUT2D eigenvalue weighted by Gasteiger charge is -2.45. The van der Waals surface area contributed by atoms with Gasteiger partial charge in [-0.25, -0.2) is 9.59 Å². The van der Waals surface area contributed by atoms with Gasteiger partial charge in [0.25, 0.3) is 11.2 Å². The summed E-state index contributed by atoms with van der Waals surface area (Å²) in [6, 6.07) is 2.73. The summed E-state index contributed by atoms with van der Waals surface area (Å²) in [6.45, 7) is 6.20. The molecule has 0 aromatic heterocycles. The van der Waals surface area contributed by atoms with Gasteiger partial charge in [0, 0.05) is 36.8 Å². The molecule has 0 spiro atoms. The third kappa shape index (κ3) is 5.55. The van der Waals surface area contributed by atoms with E-state index in [1.54, 1.807) is 13.8 Å². The SMILES string of the molecule is CCC(=O)O[C@@H]1CCC(OC)=C2C(=O)c3c(cc(C)c(-c4c(C)cc5c(c4O)C(=O)C4=C(OC)CC[C@@H](OC(=O)CC)[C@]4(C(=O)OC)O5)c3O)O[C@]21C(=O)OC. The van der Waals surface area contributed by atoms with Gasteiger partial charge in [-0.1, -0.05) is 13.8 Å². The normalized spacial score (nSPS) is 23.6. The van der Waals surface area contributed by atoms with Gasteiger partial charge in [-0.2, -0.15) is 0 Å². The van der Waals surface area contributed by atoms with Crippen molar-refractivity contribution in [3.8, 4) is 34.1 Å². The average Bonchev–Trinajstić information content (AvgIpc) is 3.18. The lowest BCUT2D eigenvalue weighted by Crippen LogP contribution is -2.62. The minimum atomic E-state index is -2.29. The summed E-state index contributed by atoms with van der Waals surface area (Å²) in [4.78, 5) is 81.7. The minimum absolute atomic E-state index is 0.0322. The number of phenolic OH excluding ortho intramolecular Hbond substituents is 2. The van der Waals surface area contributed by atoms with Gasteiger partial charge in [0.15, 0.2) is 12.2 Å². The van der Waals surface area contributed by atoms with E-state index < -0.39 is 81.5 Å². The van der Waals surface area contributed by atoms with Gasteiger partial charge in [-0.05, 0) is 49.9 Å². The molecule has 2 N–H and O–H groups in total. The highest BCUT2D eigenvalue weighted by Crippen LogP contribution is 2.56. The van der Waals surface area contributed by atoms with Crippen molar-refractivity contribution >= 4 is 35.4 Å². The molecule has 4 atom stereocenters. The molecule has 298 valence electrons. The van der Waals surface area contributed by atoms with Crippen molar-refractivity contribution in [1.29, 1.82) is 0 Å². The van der Waals surface area contributed by atoms with E-state index in [2.05, 4.69) is 0 Å². The minimum Gasteiger partial charge on any atom is -0.506 e. The van der Waals surface area contributed by atoms with Crippen molar-refractivity contribution in [3.05, 3.63) is 57.1 Å². The molecule has 2 aliphatic heterocycles. The zero-order valence-electron chi connectivity index (χ0n) is 32.2. The number of benzene rings is 2. The maximum atomic E-state index is 14.6. The predicted molar refractivity (Wildman–Crippen MR) is 191 cm³/mol. The third-order valence-corrected chi connectivity index (χ3v) is 10.7. The van der Waals surface area contributed by atoms with Crippen LogP contribution in [0.15, 0.2) is 34.8 Å². The fourth-order valence-corrected chi connectivity index (χ4v) is 8.14. The van der Waals surface area contributed by atoms with Crippen LogP contribution in [0.2, 0.25) is 0 Å². The lowest BCUT2D eigenvalue weighted by atomic mass is 9.72. The van der Waals surface area contributed by atoms with Crippen LogP contribution in [0.3, 0.4) is 0 Å². The Bertz CT molecular complexity index is 2010. The summed E-state index contributed by atoms with van der Waals surface area (Å²) in [5.74, 6) is -6.96. The molecular weight excluding hydrogens is 736 g/mol. The molecule has 0 saturated carbocycles. The van der Waals surface area contributed by atoms with Gasteiger partial charge in [0.1, 0.15) is 45.6 Å². The number of carbonyl (C=O) groups excluding carboxylic acids is 6. The summed E-state index contributed by atoms with van der Waals surface area (Å²) in [5, 5.41) is 24.1. The molecule has 6 rings (SSSR count). The number of carbonyl (C=O) groups is 6. The van der Waals surface area contributed by atoms with E-state index in [1.807, 2.05) is 0 Å². The molecule has 0 amide bonds. The van der Waals surface area contributed by atoms with Crippen molar-refractivity contribution in [1.82, 2.24) is 0 Å². The van der Waals surface area contributed by atoms with Crippen LogP contribution in [0.1, 0.15) is 84.2 Å². The Labute approximate surface area is 321 Å². The van der Waals surface area contributed by atoms with Crippen molar-refractivity contribution in [3.63, 3.8) is 0 Å². The first kappa shape index (κ1) is 39.6. The van der Waals surface area contributed by atoms with Gasteiger partial charge < -0.3 is 48.1 Å². The number of esters is 4. The van der Waals surface area contributed by atoms with Crippen LogP contribution in [-0.4, -0.2) is 97.5 Å². The maximum Gasteiger partial charge on any atom is 0.359 e. The van der Waals surface area contributed by atoms with Gasteiger partial charge in [-0.3, -0.25) is 19.2 Å². The molecule has 0 bridgehead atoms. The number of fused-ring (bicyclic) bond motifs is 4. The third-order valence-electron chi connectivity index (χ3n) is 10.7. The van der Waals surface area contributed by atoms with Gasteiger partial charge in [0.05, 0.1) is 39.6 Å². The molecule has 2 aliphatic carbocycles. The molecule has 0 unspecified atom stereocenters. The van der Waals surface area contributed by atoms with E-state index in [9.17, 15) is 39.0 Å². The Morgan fingerprint density at radius 3 is 1.32 bits per heavy atom. The van der Waals surface area contributed by atoms with Crippen LogP contribution in [0.4, 0.5) is 0 Å². The molecule has 2 aromatic carbocycles. The van der Waals surface area contributed by atoms with E-state index in [-0.39, 0.29) is 94.9 Å². The number of phenols is 2. The number of Topliss-reactive ketones (excluding diaryl/α,β-unsaturated/α-hetero) is 2. The number of hydrogen-bond acceptors (Lipinski definition) is 16. The van der Waals surface area contributed by atoms with Crippen LogP contribution in [-0.2, 0) is 47.6 Å². The Morgan fingerprint density at radius 2 is 1.02 bits per heavy atom. The number of hydrogen-bond donors (Lipinski definition) is 2. The van der Waals surface area contributed by atoms with E-state index in [0.29, 0.717) is 0 Å². The Hall–Kier alpha value is -6.06. The topological polar surface area (TPSA) is 217 Å². The Morgan fingerprint density at radius 1 is 0.661 bits per heavy atom. The molecular formula is C40H42O16. The monoisotopic (exact) mass is 778 g/mol. The van der Waals surface area contributed by atoms with Crippen molar-refractivity contribution < 1.29 is 76.9 Å². The van der Waals surface area contributed by atoms with Gasteiger partial charge in [-0.15, -0.1) is 0 Å². The summed E-state index contributed by atoms with van der Waals surface area (Å²) in [7, 11) is 4.76. The fraction of sp³-hybridized carbons (Fsp3) is 0.450. The molecule has 56 heavy (non-hydrogen) atoms. The molecule has 16 heteroatoms. The van der Waals surface area contributed by atoms with Crippen LogP contribution in [0.5, 0.6) is 23.0 Å². The van der Waals surface area contributed by atoms with E-state index in [1.165, 1.54) is 40.2 Å². The molecule has 0 radical (unpaired) electrons. The first-order valence-corrected chi connectivity index (χ1v) is 17.9. The zero-order chi connectivity index (χ0) is 41.0. The average molecular weight is 779 g/mol. The molecule has 0 fully saturated rings. The quantitative estimate of drug-likeness (QED) is 0.267. The first-order chi connectivity index (χ1) is 26.6. The number of aromatic hydroxyl groups is 2. The number of allylic oxidation sites excluding steroid dienone is 2. The van der Waals surface area contributed by atoms with E-state index in [0.717, 1.165) is 14.2 Å². The number of ether oxygens (including phenoxy) is 8. The highest BCUT2D eigenvalue weighted by Gasteiger charge is 2.65. The smallest absolute Gasteiger partial charge is 0.359 e. The molecule has 2 heterocycles. The maximum absolute atomic E-state index is 14.6. The van der Waals surface area contributed by atoms with Crippen molar-refractivity contribution in [2.24, 2.45) is 0 Å². The second-order valence-electron chi connectivity index (χ2n) is 13.6. The number of rotatable bonds is 9. The van der Waals surface area contributed by atoms with Crippen molar-refractivity contribution in [2.45, 2.75) is 89.6 Å². The second kappa shape index (κ2) is 14.5. The van der Waals surface area contributed by atoms with E-state index >= 15 is 0 Å². The number of ketones is 2. The van der Waals surface area contributed by atoms with Crippen LogP contribution in [0, 0.1) is 13.8 Å². The van der Waals surface area contributed by atoms with Gasteiger partial charge >= 0.3 is 23.9 Å². The highest BCUT2D eigenvalue weighted by molar-refractivity contribution is 6.22. The van der Waals surface area contributed by atoms with Crippen LogP contribution < -0.4 is 9.47 Å². The van der Waals surface area contributed by atoms with E-state index in [4.69, 9.17) is 37.9 Å². The molecule has 4 aliphatic rings. The zero-order valence-corrected chi connectivity index (χ0v) is 32.2. The molecule has 0 saturated heterocycles. The van der Waals surface area contributed by atoms with Gasteiger partial charge in [0.2, 0.25) is 11.6 Å². The highest BCUT2D eigenvalue weighted by atomic mass is 16.6. The van der Waals surface area contributed by atoms with Crippen LogP contribution >= 0.6 is 0 Å². The number of methoxy groups -OCH3 is 4. The lowest BCUT2D eigenvalue weighted by molar-refractivity contribution is -0.179. The van der Waals surface area contributed by atoms with Crippen LogP contribution in [0.25, 0.3) is 11.1 Å². The summed E-state index contributed by atoms with van der Waals surface area (Å²) in [6.07, 6.45) is -2.47.